The molecule has 100 valence electrons. The molecule has 1 aromatic rings. The smallest absolute Gasteiger partial charge is 0.248 e. The van der Waals surface area contributed by atoms with Gasteiger partial charge in [0.1, 0.15) is 0 Å². The van der Waals surface area contributed by atoms with E-state index in [4.69, 9.17) is 10.5 Å². The third-order valence-electron chi connectivity index (χ3n) is 2.53. The predicted molar refractivity (Wildman–Crippen MR) is 72.4 cm³/mol. The van der Waals surface area contributed by atoms with Crippen molar-refractivity contribution in [3.8, 4) is 0 Å². The lowest BCUT2D eigenvalue weighted by Crippen LogP contribution is -2.17. The number of hydrogen-bond donors (Lipinski definition) is 2. The first-order valence-corrected chi connectivity index (χ1v) is 6.41. The van der Waals surface area contributed by atoms with E-state index in [1.165, 1.54) is 0 Å². The molecule has 0 fully saturated rings. The average Bonchev–Trinajstić information content (AvgIpc) is 2.38. The van der Waals surface area contributed by atoms with E-state index in [0.29, 0.717) is 5.56 Å². The van der Waals surface area contributed by atoms with Crippen LogP contribution in [-0.4, -0.2) is 25.7 Å². The molecule has 0 aliphatic carbocycles. The maximum atomic E-state index is 11.0. The van der Waals surface area contributed by atoms with E-state index in [1.54, 1.807) is 6.07 Å². The third kappa shape index (κ3) is 5.80. The minimum atomic E-state index is -0.384. The van der Waals surface area contributed by atoms with Gasteiger partial charge in [-0.1, -0.05) is 19.1 Å². The van der Waals surface area contributed by atoms with E-state index in [0.717, 1.165) is 44.7 Å². The molecule has 0 aromatic heterocycles. The van der Waals surface area contributed by atoms with E-state index in [1.807, 2.05) is 18.2 Å². The number of benzene rings is 1. The zero-order valence-corrected chi connectivity index (χ0v) is 10.9. The van der Waals surface area contributed by atoms with Crippen LogP contribution < -0.4 is 11.1 Å². The van der Waals surface area contributed by atoms with Gasteiger partial charge in [0.25, 0.3) is 0 Å². The predicted octanol–water partition coefficient (Wildman–Crippen LogP) is 1.69. The second kappa shape index (κ2) is 8.66. The first kappa shape index (κ1) is 14.7. The standard InChI is InChI=1S/C14H22N2O2/c1-2-8-18-9-4-7-16-11-12-5-3-6-13(10-12)14(15)17/h3,5-6,10,16H,2,4,7-9,11H2,1H3,(H2,15,17). The molecule has 0 heterocycles. The van der Waals surface area contributed by atoms with Crippen molar-refractivity contribution in [3.05, 3.63) is 35.4 Å². The normalized spacial score (nSPS) is 10.5. The SMILES string of the molecule is CCCOCCCNCc1cccc(C(N)=O)c1. The summed E-state index contributed by atoms with van der Waals surface area (Å²) < 4.78 is 5.38. The van der Waals surface area contributed by atoms with Crippen LogP contribution in [0.15, 0.2) is 24.3 Å². The van der Waals surface area contributed by atoms with Crippen LogP contribution in [-0.2, 0) is 11.3 Å². The van der Waals surface area contributed by atoms with Gasteiger partial charge < -0.3 is 15.8 Å². The van der Waals surface area contributed by atoms with Crippen molar-refractivity contribution in [2.24, 2.45) is 5.73 Å². The molecule has 1 rings (SSSR count). The van der Waals surface area contributed by atoms with Crippen molar-refractivity contribution >= 4 is 5.91 Å². The number of ether oxygens (including phenoxy) is 1. The Kier molecular flexibility index (Phi) is 7.06. The van der Waals surface area contributed by atoms with Gasteiger partial charge in [0.15, 0.2) is 0 Å². The molecule has 0 spiro atoms. The second-order valence-corrected chi connectivity index (χ2v) is 4.21. The molecule has 0 aliphatic rings. The number of primary amides is 1. The fourth-order valence-corrected chi connectivity index (χ4v) is 1.61. The van der Waals surface area contributed by atoms with Crippen LogP contribution >= 0.6 is 0 Å². The Hall–Kier alpha value is -1.39. The van der Waals surface area contributed by atoms with Crippen molar-refractivity contribution in [1.82, 2.24) is 5.32 Å². The van der Waals surface area contributed by atoms with E-state index < -0.39 is 0 Å². The number of hydrogen-bond acceptors (Lipinski definition) is 3. The summed E-state index contributed by atoms with van der Waals surface area (Å²) in [6.45, 7) is 5.38. The molecule has 18 heavy (non-hydrogen) atoms. The van der Waals surface area contributed by atoms with Crippen LogP contribution in [0.5, 0.6) is 0 Å². The first-order chi connectivity index (χ1) is 8.74. The van der Waals surface area contributed by atoms with Crippen molar-refractivity contribution in [2.45, 2.75) is 26.3 Å². The van der Waals surface area contributed by atoms with E-state index in [-0.39, 0.29) is 5.91 Å². The molecule has 4 nitrogen and oxygen atoms in total. The molecule has 0 atom stereocenters. The maximum Gasteiger partial charge on any atom is 0.248 e. The van der Waals surface area contributed by atoms with Crippen molar-refractivity contribution in [3.63, 3.8) is 0 Å². The van der Waals surface area contributed by atoms with E-state index in [2.05, 4.69) is 12.2 Å². The fourth-order valence-electron chi connectivity index (χ4n) is 1.61. The van der Waals surface area contributed by atoms with Crippen LogP contribution in [0.25, 0.3) is 0 Å². The summed E-state index contributed by atoms with van der Waals surface area (Å²) >= 11 is 0. The van der Waals surface area contributed by atoms with Gasteiger partial charge in [-0.2, -0.15) is 0 Å². The third-order valence-corrected chi connectivity index (χ3v) is 2.53. The average molecular weight is 250 g/mol. The highest BCUT2D eigenvalue weighted by atomic mass is 16.5. The highest BCUT2D eigenvalue weighted by molar-refractivity contribution is 5.92. The lowest BCUT2D eigenvalue weighted by molar-refractivity contribution is 0.1000. The number of amides is 1. The Bertz CT molecular complexity index is 367. The van der Waals surface area contributed by atoms with Crippen molar-refractivity contribution < 1.29 is 9.53 Å². The molecule has 1 amide bonds. The monoisotopic (exact) mass is 250 g/mol. The maximum absolute atomic E-state index is 11.0. The summed E-state index contributed by atoms with van der Waals surface area (Å²) in [5, 5.41) is 3.31. The van der Waals surface area contributed by atoms with Crippen LogP contribution in [0.2, 0.25) is 0 Å². The summed E-state index contributed by atoms with van der Waals surface area (Å²) in [6.07, 6.45) is 2.06. The number of nitrogens with two attached hydrogens (primary N) is 1. The number of rotatable bonds is 9. The Morgan fingerprint density at radius 1 is 1.39 bits per heavy atom. The summed E-state index contributed by atoms with van der Waals surface area (Å²) in [5.41, 5.74) is 6.86. The fraction of sp³-hybridized carbons (Fsp3) is 0.500. The van der Waals surface area contributed by atoms with E-state index >= 15 is 0 Å². The molecule has 1 aromatic carbocycles. The van der Waals surface area contributed by atoms with Gasteiger partial charge in [0.05, 0.1) is 0 Å². The first-order valence-electron chi connectivity index (χ1n) is 6.41. The largest absolute Gasteiger partial charge is 0.381 e. The topological polar surface area (TPSA) is 64.3 Å². The van der Waals surface area contributed by atoms with Gasteiger partial charge >= 0.3 is 0 Å². The highest BCUT2D eigenvalue weighted by Gasteiger charge is 2.00. The minimum absolute atomic E-state index is 0.384. The van der Waals surface area contributed by atoms with Crippen molar-refractivity contribution in [2.75, 3.05) is 19.8 Å². The van der Waals surface area contributed by atoms with E-state index in [9.17, 15) is 4.79 Å². The molecular formula is C14H22N2O2. The Morgan fingerprint density at radius 3 is 2.94 bits per heavy atom. The van der Waals surface area contributed by atoms with Crippen LogP contribution in [0.3, 0.4) is 0 Å². The second-order valence-electron chi connectivity index (χ2n) is 4.21. The lowest BCUT2D eigenvalue weighted by atomic mass is 10.1. The quantitative estimate of drug-likeness (QED) is 0.656. The molecule has 0 aliphatic heterocycles. The highest BCUT2D eigenvalue weighted by Crippen LogP contribution is 2.04. The Morgan fingerprint density at radius 2 is 2.22 bits per heavy atom. The van der Waals surface area contributed by atoms with Gasteiger partial charge in [-0.05, 0) is 37.1 Å². The van der Waals surface area contributed by atoms with Crippen LogP contribution in [0.1, 0.15) is 35.7 Å². The van der Waals surface area contributed by atoms with Gasteiger partial charge in [0.2, 0.25) is 5.91 Å². The van der Waals surface area contributed by atoms with Crippen LogP contribution in [0, 0.1) is 0 Å². The lowest BCUT2D eigenvalue weighted by Gasteiger charge is -2.06. The van der Waals surface area contributed by atoms with Gasteiger partial charge in [-0.15, -0.1) is 0 Å². The van der Waals surface area contributed by atoms with Crippen molar-refractivity contribution in [1.29, 1.82) is 0 Å². The minimum Gasteiger partial charge on any atom is -0.381 e. The number of carbonyl (C=O) groups excluding carboxylic acids is 1. The summed E-state index contributed by atoms with van der Waals surface area (Å²) in [5.74, 6) is -0.384. The number of carbonyl (C=O) groups is 1. The molecule has 0 saturated carbocycles. The molecule has 0 saturated heterocycles. The molecule has 0 bridgehead atoms. The zero-order valence-electron chi connectivity index (χ0n) is 10.9. The van der Waals surface area contributed by atoms with Gasteiger partial charge in [0, 0.05) is 25.3 Å². The van der Waals surface area contributed by atoms with Gasteiger partial charge in [-0.3, -0.25) is 4.79 Å². The molecular weight excluding hydrogens is 228 g/mol. The van der Waals surface area contributed by atoms with Gasteiger partial charge in [-0.25, -0.2) is 0 Å². The molecule has 0 radical (unpaired) electrons. The molecule has 0 unspecified atom stereocenters. The summed E-state index contributed by atoms with van der Waals surface area (Å²) in [4.78, 5) is 11.0. The number of nitrogens with one attached hydrogen (secondary N) is 1. The molecule has 4 heteroatoms. The Balaban J connectivity index is 2.19. The summed E-state index contributed by atoms with van der Waals surface area (Å²) in [6, 6.07) is 7.38. The van der Waals surface area contributed by atoms with Crippen LogP contribution in [0.4, 0.5) is 0 Å². The Labute approximate surface area is 109 Å². The summed E-state index contributed by atoms with van der Waals surface area (Å²) in [7, 11) is 0. The zero-order chi connectivity index (χ0) is 13.2. The molecule has 3 N–H and O–H groups in total.